The highest BCUT2D eigenvalue weighted by molar-refractivity contribution is 5.88. The van der Waals surface area contributed by atoms with E-state index < -0.39 is 30.1 Å². The fourth-order valence-electron chi connectivity index (χ4n) is 2.30. The zero-order valence-electron chi connectivity index (χ0n) is 17.1. The number of hydrogen-bond donors (Lipinski definition) is 0. The molecule has 0 radical (unpaired) electrons. The number of nitrogens with zero attached hydrogens (tertiary/aromatic N) is 2. The first-order chi connectivity index (χ1) is 13.0. The van der Waals surface area contributed by atoms with Crippen molar-refractivity contribution >= 4 is 23.8 Å². The predicted molar refractivity (Wildman–Crippen MR) is 102 cm³/mol. The lowest BCUT2D eigenvalue weighted by atomic mass is 10.2. The molecule has 2 amide bonds. The largest absolute Gasteiger partial charge is 0.468 e. The van der Waals surface area contributed by atoms with Crippen molar-refractivity contribution in [2.75, 3.05) is 26.7 Å². The molecule has 8 nitrogen and oxygen atoms in total. The van der Waals surface area contributed by atoms with Gasteiger partial charge in [0.25, 0.3) is 0 Å². The number of benzene rings is 1. The van der Waals surface area contributed by atoms with E-state index in [0.717, 1.165) is 10.5 Å². The van der Waals surface area contributed by atoms with Crippen LogP contribution in [0.25, 0.3) is 0 Å². The number of rotatable bonds is 8. The molecular weight excluding hydrogens is 364 g/mol. The molecule has 0 bridgehead atoms. The van der Waals surface area contributed by atoms with E-state index in [9.17, 15) is 19.2 Å². The number of carbonyl (C=O) groups excluding carboxylic acids is 4. The molecule has 0 aliphatic carbocycles. The molecule has 1 aromatic carbocycles. The number of ketones is 1. The summed E-state index contributed by atoms with van der Waals surface area (Å²) < 4.78 is 9.93. The van der Waals surface area contributed by atoms with E-state index in [4.69, 9.17) is 4.74 Å². The Labute approximate surface area is 165 Å². The van der Waals surface area contributed by atoms with Gasteiger partial charge in [-0.2, -0.15) is 0 Å². The van der Waals surface area contributed by atoms with Crippen molar-refractivity contribution in [3.63, 3.8) is 0 Å². The van der Waals surface area contributed by atoms with Gasteiger partial charge in [-0.25, -0.2) is 4.79 Å². The zero-order valence-corrected chi connectivity index (χ0v) is 17.1. The normalized spacial score (nSPS) is 10.8. The van der Waals surface area contributed by atoms with Crippen LogP contribution in [-0.4, -0.2) is 65.9 Å². The van der Waals surface area contributed by atoms with Gasteiger partial charge in [0, 0.05) is 6.54 Å². The fourth-order valence-corrected chi connectivity index (χ4v) is 2.30. The Morgan fingerprint density at radius 1 is 0.929 bits per heavy atom. The molecule has 28 heavy (non-hydrogen) atoms. The lowest BCUT2D eigenvalue weighted by Gasteiger charge is -2.29. The first kappa shape index (κ1) is 23.1. The Hall–Kier alpha value is -2.90. The number of methoxy groups -OCH3 is 1. The summed E-state index contributed by atoms with van der Waals surface area (Å²) in [6, 6.07) is 9.11. The van der Waals surface area contributed by atoms with Crippen LogP contribution in [0.2, 0.25) is 0 Å². The van der Waals surface area contributed by atoms with Gasteiger partial charge in [-0.1, -0.05) is 30.3 Å². The van der Waals surface area contributed by atoms with Crippen LogP contribution in [0.3, 0.4) is 0 Å². The van der Waals surface area contributed by atoms with Crippen LogP contribution < -0.4 is 0 Å². The molecule has 0 heterocycles. The van der Waals surface area contributed by atoms with Gasteiger partial charge in [0.2, 0.25) is 5.91 Å². The maximum atomic E-state index is 12.8. The molecule has 0 unspecified atom stereocenters. The second-order valence-corrected chi connectivity index (χ2v) is 7.35. The van der Waals surface area contributed by atoms with E-state index >= 15 is 0 Å². The molecule has 0 aromatic heterocycles. The van der Waals surface area contributed by atoms with Gasteiger partial charge in [0.1, 0.15) is 24.5 Å². The molecule has 0 saturated carbocycles. The second-order valence-electron chi connectivity index (χ2n) is 7.35. The van der Waals surface area contributed by atoms with Gasteiger partial charge in [-0.3, -0.25) is 19.3 Å². The molecule has 0 aliphatic rings. The van der Waals surface area contributed by atoms with Crippen molar-refractivity contribution in [2.24, 2.45) is 0 Å². The fraction of sp³-hybridized carbons (Fsp3) is 0.500. The molecule has 0 N–H and O–H groups in total. The minimum atomic E-state index is -0.773. The van der Waals surface area contributed by atoms with Crippen LogP contribution in [0.1, 0.15) is 33.3 Å². The Morgan fingerprint density at radius 3 is 2.04 bits per heavy atom. The van der Waals surface area contributed by atoms with Crippen LogP contribution in [0.5, 0.6) is 0 Å². The second kappa shape index (κ2) is 10.4. The minimum Gasteiger partial charge on any atom is -0.468 e. The summed E-state index contributed by atoms with van der Waals surface area (Å²) in [7, 11) is 1.23. The summed E-state index contributed by atoms with van der Waals surface area (Å²) in [6.45, 7) is 5.63. The highest BCUT2D eigenvalue weighted by Gasteiger charge is 2.27. The van der Waals surface area contributed by atoms with Gasteiger partial charge in [0.15, 0.2) is 0 Å². The van der Waals surface area contributed by atoms with E-state index in [2.05, 4.69) is 4.74 Å². The first-order valence-electron chi connectivity index (χ1n) is 8.87. The average molecular weight is 392 g/mol. The molecular formula is C20H28N2O6. The lowest BCUT2D eigenvalue weighted by Crippen LogP contribution is -2.47. The third-order valence-corrected chi connectivity index (χ3v) is 3.51. The summed E-state index contributed by atoms with van der Waals surface area (Å²) in [5, 5.41) is 0. The third-order valence-electron chi connectivity index (χ3n) is 3.51. The van der Waals surface area contributed by atoms with Crippen LogP contribution in [0, 0.1) is 0 Å². The van der Waals surface area contributed by atoms with E-state index in [1.54, 1.807) is 20.8 Å². The Kier molecular flexibility index (Phi) is 8.63. The SMILES string of the molecule is COC(=O)CN(Cc1ccccc1)C(=O)CN(CC(C)=O)C(=O)OC(C)(C)C. The van der Waals surface area contributed by atoms with E-state index in [1.807, 2.05) is 30.3 Å². The first-order valence-corrected chi connectivity index (χ1v) is 8.87. The van der Waals surface area contributed by atoms with Gasteiger partial charge >= 0.3 is 12.1 Å². The Balaban J connectivity index is 2.97. The number of hydrogen-bond acceptors (Lipinski definition) is 6. The number of esters is 1. The molecule has 1 rings (SSSR count). The Morgan fingerprint density at radius 2 is 1.54 bits per heavy atom. The van der Waals surface area contributed by atoms with E-state index in [0.29, 0.717) is 0 Å². The van der Waals surface area contributed by atoms with Crippen LogP contribution in [0.15, 0.2) is 30.3 Å². The number of amides is 2. The van der Waals surface area contributed by atoms with Crippen LogP contribution >= 0.6 is 0 Å². The molecule has 0 atom stereocenters. The monoisotopic (exact) mass is 392 g/mol. The molecule has 1 aromatic rings. The zero-order chi connectivity index (χ0) is 21.3. The standard InChI is InChI=1S/C20H28N2O6/c1-15(23)11-22(19(26)28-20(2,3)4)13-17(24)21(14-18(25)27-5)12-16-9-7-6-8-10-16/h6-10H,11-14H2,1-5H3. The Bertz CT molecular complexity index is 696. The van der Waals surface area contributed by atoms with E-state index in [-0.39, 0.29) is 25.4 Å². The van der Waals surface area contributed by atoms with Crippen molar-refractivity contribution in [1.29, 1.82) is 0 Å². The predicted octanol–water partition coefficient (Wildman–Crippen LogP) is 2.01. The molecule has 0 spiro atoms. The lowest BCUT2D eigenvalue weighted by molar-refractivity contribution is -0.147. The summed E-state index contributed by atoms with van der Waals surface area (Å²) in [5.41, 5.74) is 0.0420. The molecule has 154 valence electrons. The summed E-state index contributed by atoms with van der Waals surface area (Å²) in [6.07, 6.45) is -0.770. The molecule has 8 heteroatoms. The number of carbonyl (C=O) groups is 4. The van der Waals surface area contributed by atoms with Gasteiger partial charge in [0.05, 0.1) is 13.7 Å². The van der Waals surface area contributed by atoms with Crippen LogP contribution in [-0.2, 0) is 30.4 Å². The maximum Gasteiger partial charge on any atom is 0.411 e. The van der Waals surface area contributed by atoms with Gasteiger partial charge in [-0.15, -0.1) is 0 Å². The van der Waals surface area contributed by atoms with Crippen molar-refractivity contribution < 1.29 is 28.7 Å². The average Bonchev–Trinajstić information content (AvgIpc) is 2.59. The molecule has 0 saturated heterocycles. The quantitative estimate of drug-likeness (QED) is 0.629. The highest BCUT2D eigenvalue weighted by Crippen LogP contribution is 2.11. The number of Topliss-reactive ketones (excluding diaryl/α,β-unsaturated/α-hetero) is 1. The van der Waals surface area contributed by atoms with Crippen molar-refractivity contribution in [2.45, 2.75) is 39.8 Å². The van der Waals surface area contributed by atoms with E-state index in [1.165, 1.54) is 18.9 Å². The highest BCUT2D eigenvalue weighted by atomic mass is 16.6. The minimum absolute atomic E-state index is 0.164. The number of ether oxygens (including phenoxy) is 2. The third kappa shape index (κ3) is 8.66. The van der Waals surface area contributed by atoms with Crippen molar-refractivity contribution in [3.8, 4) is 0 Å². The summed E-state index contributed by atoms with van der Waals surface area (Å²) in [5.74, 6) is -1.37. The van der Waals surface area contributed by atoms with Crippen molar-refractivity contribution in [1.82, 2.24) is 9.80 Å². The van der Waals surface area contributed by atoms with Gasteiger partial charge < -0.3 is 14.4 Å². The topological polar surface area (TPSA) is 93.2 Å². The summed E-state index contributed by atoms with van der Waals surface area (Å²) in [4.78, 5) is 50.8. The molecule has 0 fully saturated rings. The smallest absolute Gasteiger partial charge is 0.411 e. The van der Waals surface area contributed by atoms with Gasteiger partial charge in [-0.05, 0) is 33.3 Å². The molecule has 0 aliphatic heterocycles. The summed E-state index contributed by atoms with van der Waals surface area (Å²) >= 11 is 0. The van der Waals surface area contributed by atoms with Crippen molar-refractivity contribution in [3.05, 3.63) is 35.9 Å². The van der Waals surface area contributed by atoms with Crippen LogP contribution in [0.4, 0.5) is 4.79 Å². The maximum absolute atomic E-state index is 12.8.